The molecule has 0 amide bonds. The van der Waals surface area contributed by atoms with Gasteiger partial charge < -0.3 is 20.3 Å². The normalized spacial score (nSPS) is 20.0. The standard InChI is InChI=1S/C18H38N4O/c1-16(2)9-14-23-15-11-21-18(19-4)20-10-7-13-22-12-6-5-8-17(22)3/h16-17H,5-15H2,1-4H3,(H2,19,20,21). The zero-order chi connectivity index (χ0) is 16.9. The predicted octanol–water partition coefficient (Wildman–Crippen LogP) is 2.48. The number of likely N-dealkylation sites (tertiary alicyclic amines) is 1. The van der Waals surface area contributed by atoms with Gasteiger partial charge in [-0.05, 0) is 45.1 Å². The van der Waals surface area contributed by atoms with Crippen molar-refractivity contribution in [3.05, 3.63) is 0 Å². The SMILES string of the molecule is CN=C(NCCCN1CCCCC1C)NCCOCCC(C)C. The van der Waals surface area contributed by atoms with E-state index in [0.29, 0.717) is 5.92 Å². The monoisotopic (exact) mass is 326 g/mol. The largest absolute Gasteiger partial charge is 0.380 e. The third kappa shape index (κ3) is 9.82. The van der Waals surface area contributed by atoms with Gasteiger partial charge in [0.15, 0.2) is 5.96 Å². The van der Waals surface area contributed by atoms with Crippen LogP contribution in [0.4, 0.5) is 0 Å². The molecule has 0 aromatic rings. The Balaban J connectivity index is 2.01. The summed E-state index contributed by atoms with van der Waals surface area (Å²) in [5.41, 5.74) is 0. The number of aliphatic imine (C=N–C) groups is 1. The quantitative estimate of drug-likeness (QED) is 0.368. The molecular formula is C18H38N4O. The smallest absolute Gasteiger partial charge is 0.191 e. The van der Waals surface area contributed by atoms with Gasteiger partial charge >= 0.3 is 0 Å². The fourth-order valence-corrected chi connectivity index (χ4v) is 2.86. The Bertz CT molecular complexity index is 320. The van der Waals surface area contributed by atoms with Crippen molar-refractivity contribution in [1.29, 1.82) is 0 Å². The van der Waals surface area contributed by atoms with Gasteiger partial charge in [0.2, 0.25) is 0 Å². The first-order valence-corrected chi connectivity index (χ1v) is 9.39. The lowest BCUT2D eigenvalue weighted by Gasteiger charge is -2.33. The van der Waals surface area contributed by atoms with Crippen LogP contribution in [0.3, 0.4) is 0 Å². The van der Waals surface area contributed by atoms with E-state index in [4.69, 9.17) is 4.74 Å². The molecule has 1 aliphatic heterocycles. The summed E-state index contributed by atoms with van der Waals surface area (Å²) in [5, 5.41) is 6.69. The molecule has 23 heavy (non-hydrogen) atoms. The average molecular weight is 327 g/mol. The molecule has 1 heterocycles. The van der Waals surface area contributed by atoms with Crippen LogP contribution >= 0.6 is 0 Å². The lowest BCUT2D eigenvalue weighted by Crippen LogP contribution is -2.42. The summed E-state index contributed by atoms with van der Waals surface area (Å²) in [6.07, 6.45) is 6.40. The molecule has 0 bridgehead atoms. The predicted molar refractivity (Wildman–Crippen MR) is 99.1 cm³/mol. The second-order valence-corrected chi connectivity index (χ2v) is 6.95. The summed E-state index contributed by atoms with van der Waals surface area (Å²) < 4.78 is 5.60. The van der Waals surface area contributed by atoms with Crippen LogP contribution in [0.1, 0.15) is 52.9 Å². The van der Waals surface area contributed by atoms with E-state index in [1.54, 1.807) is 0 Å². The summed E-state index contributed by atoms with van der Waals surface area (Å²) in [6, 6.07) is 0.754. The third-order valence-corrected chi connectivity index (χ3v) is 4.46. The molecule has 0 saturated carbocycles. The highest BCUT2D eigenvalue weighted by molar-refractivity contribution is 5.79. The van der Waals surface area contributed by atoms with Crippen LogP contribution in [-0.2, 0) is 4.74 Å². The first-order chi connectivity index (χ1) is 11.1. The van der Waals surface area contributed by atoms with Gasteiger partial charge in [0.05, 0.1) is 6.61 Å². The highest BCUT2D eigenvalue weighted by Crippen LogP contribution is 2.15. The van der Waals surface area contributed by atoms with Crippen LogP contribution in [0, 0.1) is 5.92 Å². The molecule has 5 nitrogen and oxygen atoms in total. The van der Waals surface area contributed by atoms with Crippen LogP contribution in [0.15, 0.2) is 4.99 Å². The fraction of sp³-hybridized carbons (Fsp3) is 0.944. The Hall–Kier alpha value is -0.810. The van der Waals surface area contributed by atoms with Crippen molar-refractivity contribution in [2.75, 3.05) is 46.4 Å². The first-order valence-electron chi connectivity index (χ1n) is 9.39. The van der Waals surface area contributed by atoms with Crippen LogP contribution in [-0.4, -0.2) is 63.3 Å². The van der Waals surface area contributed by atoms with Gasteiger partial charge in [0.1, 0.15) is 0 Å². The van der Waals surface area contributed by atoms with Gasteiger partial charge in [-0.1, -0.05) is 20.3 Å². The van der Waals surface area contributed by atoms with Crippen molar-refractivity contribution in [3.63, 3.8) is 0 Å². The van der Waals surface area contributed by atoms with E-state index >= 15 is 0 Å². The Morgan fingerprint density at radius 1 is 1.22 bits per heavy atom. The van der Waals surface area contributed by atoms with Crippen molar-refractivity contribution < 1.29 is 4.74 Å². The Morgan fingerprint density at radius 3 is 2.70 bits per heavy atom. The highest BCUT2D eigenvalue weighted by Gasteiger charge is 2.16. The zero-order valence-electron chi connectivity index (χ0n) is 15.7. The first kappa shape index (κ1) is 20.2. The lowest BCUT2D eigenvalue weighted by atomic mass is 10.0. The van der Waals surface area contributed by atoms with E-state index in [0.717, 1.165) is 51.1 Å². The summed E-state index contributed by atoms with van der Waals surface area (Å²) in [4.78, 5) is 6.87. The highest BCUT2D eigenvalue weighted by atomic mass is 16.5. The fourth-order valence-electron chi connectivity index (χ4n) is 2.86. The number of ether oxygens (including phenoxy) is 1. The number of nitrogens with zero attached hydrogens (tertiary/aromatic N) is 2. The van der Waals surface area contributed by atoms with Crippen molar-refractivity contribution in [1.82, 2.24) is 15.5 Å². The molecule has 1 saturated heterocycles. The molecule has 5 heteroatoms. The minimum Gasteiger partial charge on any atom is -0.380 e. The van der Waals surface area contributed by atoms with Crippen LogP contribution in [0.25, 0.3) is 0 Å². The van der Waals surface area contributed by atoms with Crippen LogP contribution in [0.5, 0.6) is 0 Å². The molecule has 0 aromatic heterocycles. The number of piperidine rings is 1. The maximum Gasteiger partial charge on any atom is 0.191 e. The molecular weight excluding hydrogens is 288 g/mol. The van der Waals surface area contributed by atoms with Gasteiger partial charge in [-0.15, -0.1) is 0 Å². The van der Waals surface area contributed by atoms with Crippen molar-refractivity contribution >= 4 is 5.96 Å². The average Bonchev–Trinajstić information content (AvgIpc) is 2.53. The molecule has 136 valence electrons. The van der Waals surface area contributed by atoms with E-state index in [1.165, 1.54) is 32.4 Å². The van der Waals surface area contributed by atoms with Gasteiger partial charge in [-0.2, -0.15) is 0 Å². The number of rotatable bonds is 10. The topological polar surface area (TPSA) is 48.9 Å². The van der Waals surface area contributed by atoms with Crippen molar-refractivity contribution in [2.24, 2.45) is 10.9 Å². The Kier molecular flexibility index (Phi) is 11.1. The number of hydrogen-bond donors (Lipinski definition) is 2. The summed E-state index contributed by atoms with van der Waals surface area (Å²) >= 11 is 0. The number of nitrogens with one attached hydrogen (secondary N) is 2. The summed E-state index contributed by atoms with van der Waals surface area (Å²) in [7, 11) is 1.82. The van der Waals surface area contributed by atoms with E-state index in [9.17, 15) is 0 Å². The van der Waals surface area contributed by atoms with E-state index in [-0.39, 0.29) is 0 Å². The molecule has 1 rings (SSSR count). The number of hydrogen-bond acceptors (Lipinski definition) is 3. The van der Waals surface area contributed by atoms with E-state index < -0.39 is 0 Å². The molecule has 1 unspecified atom stereocenters. The van der Waals surface area contributed by atoms with Gasteiger partial charge in [0, 0.05) is 39.3 Å². The van der Waals surface area contributed by atoms with E-state index in [1.807, 2.05) is 7.05 Å². The molecule has 0 spiro atoms. The molecule has 1 aliphatic rings. The molecule has 1 atom stereocenters. The Labute approximate surface area is 143 Å². The van der Waals surface area contributed by atoms with Crippen LogP contribution < -0.4 is 10.6 Å². The lowest BCUT2D eigenvalue weighted by molar-refractivity contribution is 0.128. The second kappa shape index (κ2) is 12.6. The van der Waals surface area contributed by atoms with Gasteiger partial charge in [0.25, 0.3) is 0 Å². The molecule has 0 aromatic carbocycles. The molecule has 1 fully saturated rings. The second-order valence-electron chi connectivity index (χ2n) is 6.95. The van der Waals surface area contributed by atoms with Crippen molar-refractivity contribution in [2.45, 2.75) is 58.9 Å². The maximum absolute atomic E-state index is 5.60. The van der Waals surface area contributed by atoms with Gasteiger partial charge in [-0.3, -0.25) is 4.99 Å². The maximum atomic E-state index is 5.60. The summed E-state index contributed by atoms with van der Waals surface area (Å²) in [5.74, 6) is 1.59. The minimum atomic E-state index is 0.708. The number of guanidine groups is 1. The molecule has 0 aliphatic carbocycles. The Morgan fingerprint density at radius 2 is 2.00 bits per heavy atom. The third-order valence-electron chi connectivity index (χ3n) is 4.46. The molecule has 2 N–H and O–H groups in total. The molecule has 0 radical (unpaired) electrons. The summed E-state index contributed by atoms with van der Waals surface area (Å²) in [6.45, 7) is 12.6. The van der Waals surface area contributed by atoms with Crippen LogP contribution in [0.2, 0.25) is 0 Å². The van der Waals surface area contributed by atoms with Crippen molar-refractivity contribution in [3.8, 4) is 0 Å². The minimum absolute atomic E-state index is 0.708. The zero-order valence-corrected chi connectivity index (χ0v) is 15.7. The van der Waals surface area contributed by atoms with E-state index in [2.05, 4.69) is 41.3 Å². The van der Waals surface area contributed by atoms with Gasteiger partial charge in [-0.25, -0.2) is 0 Å².